The van der Waals surface area contributed by atoms with E-state index in [0.717, 1.165) is 18.4 Å². The van der Waals surface area contributed by atoms with E-state index in [0.29, 0.717) is 0 Å². The molecule has 2 rings (SSSR count). The van der Waals surface area contributed by atoms with Crippen molar-refractivity contribution in [3.8, 4) is 0 Å². The maximum atomic E-state index is 12.5. The molecule has 19 heteroatoms. The van der Waals surface area contributed by atoms with E-state index >= 15 is 0 Å². The second kappa shape index (κ2) is 10.9. The minimum atomic E-state index is -5.25. The van der Waals surface area contributed by atoms with Gasteiger partial charge in [0, 0.05) is 10.3 Å². The van der Waals surface area contributed by atoms with Crippen LogP contribution in [0.4, 0.5) is 5.13 Å². The summed E-state index contributed by atoms with van der Waals surface area (Å²) in [4.78, 5) is 46.5. The average molecular weight is 489 g/mol. The molecule has 1 aromatic heterocycles. The van der Waals surface area contributed by atoms with Gasteiger partial charge in [0.2, 0.25) is 5.91 Å². The SMILES string of the molecule is CON=C(C(=O)N[C@@H]1C(=O)N(S(=O)(=O)[O-])[C@H]1N=[N+]=[N-])c1csc(NC(=O)CCl)n1.[Na+]. The van der Waals surface area contributed by atoms with Crippen LogP contribution in [0, 0.1) is 0 Å². The van der Waals surface area contributed by atoms with E-state index < -0.39 is 45.9 Å². The summed E-state index contributed by atoms with van der Waals surface area (Å²) in [6, 6.07) is -1.63. The Kier molecular flexibility index (Phi) is 9.44. The minimum absolute atomic E-state index is 0. The number of amides is 3. The van der Waals surface area contributed by atoms with Crippen LogP contribution in [-0.4, -0.2) is 70.9 Å². The van der Waals surface area contributed by atoms with Gasteiger partial charge in [0.25, 0.3) is 11.8 Å². The topological polar surface area (TPSA) is 219 Å². The molecule has 1 aliphatic heterocycles. The Morgan fingerprint density at radius 1 is 1.53 bits per heavy atom. The molecule has 15 nitrogen and oxygen atoms in total. The van der Waals surface area contributed by atoms with Gasteiger partial charge < -0.3 is 20.0 Å². The number of aromatic nitrogens is 1. The molecular weight excluding hydrogens is 479 g/mol. The number of thiazole rings is 1. The van der Waals surface area contributed by atoms with Crippen LogP contribution < -0.4 is 40.2 Å². The number of carbonyl (C=O) groups excluding carboxylic acids is 3. The van der Waals surface area contributed by atoms with E-state index in [9.17, 15) is 27.4 Å². The van der Waals surface area contributed by atoms with E-state index in [2.05, 4.69) is 35.6 Å². The summed E-state index contributed by atoms with van der Waals surface area (Å²) in [5.41, 5.74) is 8.01. The maximum absolute atomic E-state index is 12.5. The predicted molar refractivity (Wildman–Crippen MR) is 96.4 cm³/mol. The van der Waals surface area contributed by atoms with Crippen molar-refractivity contribution in [2.75, 3.05) is 18.3 Å². The molecule has 156 valence electrons. The van der Waals surface area contributed by atoms with Crippen LogP contribution in [0.25, 0.3) is 10.4 Å². The van der Waals surface area contributed by atoms with E-state index in [-0.39, 0.29) is 50.6 Å². The molecule has 0 aliphatic carbocycles. The van der Waals surface area contributed by atoms with Gasteiger partial charge >= 0.3 is 29.6 Å². The average Bonchev–Trinajstić information content (AvgIpc) is 3.10. The van der Waals surface area contributed by atoms with E-state index in [1.54, 1.807) is 0 Å². The fraction of sp³-hybridized carbons (Fsp3) is 0.364. The zero-order valence-corrected chi connectivity index (χ0v) is 19.6. The first-order chi connectivity index (χ1) is 13.6. The van der Waals surface area contributed by atoms with Gasteiger partial charge in [0.1, 0.15) is 24.7 Å². The number of β-lactam (4-membered cyclic amide) rings is 1. The van der Waals surface area contributed by atoms with Gasteiger partial charge in [-0.25, -0.2) is 17.7 Å². The first-order valence-electron chi connectivity index (χ1n) is 7.21. The number of hydrogen-bond donors (Lipinski definition) is 2. The second-order valence-corrected chi connectivity index (χ2v) is 7.38. The number of oxime groups is 1. The fourth-order valence-corrected chi connectivity index (χ4v) is 3.63. The maximum Gasteiger partial charge on any atom is 1.00 e. The minimum Gasteiger partial charge on any atom is -0.731 e. The number of rotatable bonds is 8. The number of azide groups is 1. The van der Waals surface area contributed by atoms with Crippen molar-refractivity contribution >= 4 is 61.8 Å². The summed E-state index contributed by atoms with van der Waals surface area (Å²) >= 11 is 6.31. The fourth-order valence-electron chi connectivity index (χ4n) is 2.09. The molecule has 0 aromatic carbocycles. The van der Waals surface area contributed by atoms with Gasteiger partial charge in [-0.05, 0) is 5.53 Å². The summed E-state index contributed by atoms with van der Waals surface area (Å²) in [5.74, 6) is -3.21. The monoisotopic (exact) mass is 488 g/mol. The third-order valence-corrected chi connectivity index (χ3v) is 5.11. The van der Waals surface area contributed by atoms with Gasteiger partial charge in [0.05, 0.1) is 0 Å². The molecule has 1 aliphatic rings. The number of carbonyl (C=O) groups is 3. The number of anilines is 1. The molecule has 0 bridgehead atoms. The Morgan fingerprint density at radius 3 is 2.73 bits per heavy atom. The molecule has 1 fully saturated rings. The third-order valence-electron chi connectivity index (χ3n) is 3.23. The van der Waals surface area contributed by atoms with Gasteiger partial charge in [-0.3, -0.25) is 14.4 Å². The summed E-state index contributed by atoms with van der Waals surface area (Å²) < 4.78 is 33.0. The van der Waals surface area contributed by atoms with Crippen molar-refractivity contribution in [3.63, 3.8) is 0 Å². The van der Waals surface area contributed by atoms with Crippen molar-refractivity contribution in [3.05, 3.63) is 21.5 Å². The molecule has 2 N–H and O–H groups in total. The van der Waals surface area contributed by atoms with Crippen LogP contribution in [0.2, 0.25) is 0 Å². The van der Waals surface area contributed by atoms with E-state index in [1.807, 2.05) is 0 Å². The van der Waals surface area contributed by atoms with Gasteiger partial charge in [-0.2, -0.15) is 0 Å². The Balaban J connectivity index is 0.00000450. The van der Waals surface area contributed by atoms with Crippen LogP contribution in [0.5, 0.6) is 0 Å². The molecule has 1 aromatic rings. The Hall–Kier alpha value is -1.98. The number of alkyl halides is 1. The Morgan fingerprint density at radius 2 is 2.20 bits per heavy atom. The molecule has 0 saturated carbocycles. The van der Waals surface area contributed by atoms with E-state index in [1.165, 1.54) is 5.38 Å². The van der Waals surface area contributed by atoms with Crippen LogP contribution in [-0.2, 0) is 29.5 Å². The smallest absolute Gasteiger partial charge is 0.731 e. The number of nitrogens with one attached hydrogen (secondary N) is 2. The number of hydrogen-bond acceptors (Lipinski definition) is 11. The molecule has 1 saturated heterocycles. The molecule has 0 unspecified atom stereocenters. The first-order valence-corrected chi connectivity index (χ1v) is 9.99. The van der Waals surface area contributed by atoms with Crippen molar-refractivity contribution in [1.82, 2.24) is 14.6 Å². The van der Waals surface area contributed by atoms with Crippen molar-refractivity contribution < 1.29 is 61.7 Å². The zero-order valence-electron chi connectivity index (χ0n) is 15.2. The molecule has 3 amide bonds. The first kappa shape index (κ1) is 26.1. The van der Waals surface area contributed by atoms with Crippen LogP contribution in [0.15, 0.2) is 15.7 Å². The van der Waals surface area contributed by atoms with Gasteiger partial charge in [-0.1, -0.05) is 10.3 Å². The van der Waals surface area contributed by atoms with Crippen LogP contribution in [0.1, 0.15) is 5.69 Å². The zero-order chi connectivity index (χ0) is 21.8. The Labute approximate surface area is 199 Å². The Bertz CT molecular complexity index is 1020. The summed E-state index contributed by atoms with van der Waals surface area (Å²) in [6.45, 7) is 0. The number of halogens is 1. The van der Waals surface area contributed by atoms with E-state index in [4.69, 9.17) is 17.1 Å². The molecular formula is C11H10ClN8NaO7S2. The molecule has 2 heterocycles. The second-order valence-electron chi connectivity index (χ2n) is 5.00. The summed E-state index contributed by atoms with van der Waals surface area (Å²) in [7, 11) is -4.12. The van der Waals surface area contributed by atoms with Crippen LogP contribution >= 0.6 is 22.9 Å². The van der Waals surface area contributed by atoms with Crippen LogP contribution in [0.3, 0.4) is 0 Å². The standard InChI is InChI=1S/C11H11ClN8O7S2.Na/c1-27-18-6(4-3-28-11(14-4)15-5(21)2-12)9(22)16-7-8(17-19-13)20(10(7)23)29(24,25)26;/h3,7-8H,2H2,1H3,(H,16,22)(H,14,15,21)(H,24,25,26);/q;+1/p-1/t7-,8+;/m0./s1. The van der Waals surface area contributed by atoms with Crippen molar-refractivity contribution in [2.24, 2.45) is 10.3 Å². The number of nitrogens with zero attached hydrogens (tertiary/aromatic N) is 6. The molecule has 0 radical (unpaired) electrons. The van der Waals surface area contributed by atoms with Gasteiger partial charge in [0.15, 0.2) is 27.3 Å². The van der Waals surface area contributed by atoms with Gasteiger partial charge in [-0.15, -0.1) is 22.9 Å². The quantitative estimate of drug-likeness (QED) is 0.0422. The molecule has 2 atom stereocenters. The van der Waals surface area contributed by atoms with Crippen molar-refractivity contribution in [1.29, 1.82) is 0 Å². The predicted octanol–water partition coefficient (Wildman–Crippen LogP) is -3.90. The summed E-state index contributed by atoms with van der Waals surface area (Å²) in [6.07, 6.45) is -1.78. The van der Waals surface area contributed by atoms with Crippen molar-refractivity contribution in [2.45, 2.75) is 12.2 Å². The summed E-state index contributed by atoms with van der Waals surface area (Å²) in [5, 5.41) is 12.4. The normalized spacial score (nSPS) is 18.4. The largest absolute Gasteiger partial charge is 1.00 e. The third kappa shape index (κ3) is 5.79. The molecule has 30 heavy (non-hydrogen) atoms. The molecule has 0 spiro atoms.